The zero-order valence-electron chi connectivity index (χ0n) is 16.5. The van der Waals surface area contributed by atoms with Gasteiger partial charge in [-0.2, -0.15) is 0 Å². The van der Waals surface area contributed by atoms with Gasteiger partial charge in [-0.05, 0) is 80.0 Å². The van der Waals surface area contributed by atoms with Crippen LogP contribution in [0.25, 0.3) is 22.4 Å². The average molecular weight is 421 g/mol. The van der Waals surface area contributed by atoms with Crippen LogP contribution in [0.4, 0.5) is 8.78 Å². The van der Waals surface area contributed by atoms with Crippen LogP contribution >= 0.6 is 11.6 Å². The van der Waals surface area contributed by atoms with Crippen molar-refractivity contribution in [3.8, 4) is 17.1 Å². The lowest BCUT2D eigenvalue weighted by atomic mass is 9.96. The number of fused-ring (bicyclic) bond motifs is 1. The van der Waals surface area contributed by atoms with Gasteiger partial charge < -0.3 is 10.1 Å². The van der Waals surface area contributed by atoms with Gasteiger partial charge in [0.25, 0.3) is 0 Å². The number of hydrogen-bond donors (Lipinski definition) is 2. The van der Waals surface area contributed by atoms with Crippen LogP contribution in [-0.2, 0) is 12.8 Å². The summed E-state index contributed by atoms with van der Waals surface area (Å²) in [6.45, 7) is -0.550. The fourth-order valence-electron chi connectivity index (χ4n) is 3.62. The Morgan fingerprint density at radius 3 is 2.14 bits per heavy atom. The zero-order valence-corrected chi connectivity index (χ0v) is 17.2. The van der Waals surface area contributed by atoms with Crippen molar-refractivity contribution in [3.05, 3.63) is 46.5 Å². The van der Waals surface area contributed by atoms with E-state index in [1.165, 1.54) is 17.2 Å². The first-order chi connectivity index (χ1) is 14.1. The van der Waals surface area contributed by atoms with E-state index in [1.54, 1.807) is 12.1 Å². The number of imidazole rings is 1. The number of aromatic amines is 1. The van der Waals surface area contributed by atoms with E-state index in [4.69, 9.17) is 11.6 Å². The molecule has 0 bridgehead atoms. The highest BCUT2D eigenvalue weighted by Gasteiger charge is 2.13. The van der Waals surface area contributed by atoms with Crippen molar-refractivity contribution in [2.24, 2.45) is 0 Å². The van der Waals surface area contributed by atoms with Crippen LogP contribution in [0, 0.1) is 0 Å². The fraction of sp³-hybridized carbons (Fsp3) is 0.435. The summed E-state index contributed by atoms with van der Waals surface area (Å²) in [4.78, 5) is 7.96. The van der Waals surface area contributed by atoms with Gasteiger partial charge in [-0.25, -0.2) is 4.98 Å². The molecule has 0 amide bonds. The number of phenols is 1. The summed E-state index contributed by atoms with van der Waals surface area (Å²) < 4.78 is 24.8. The maximum absolute atomic E-state index is 12.4. The smallest absolute Gasteiger partial charge is 0.142 e. The van der Waals surface area contributed by atoms with Gasteiger partial charge in [-0.1, -0.05) is 24.4 Å². The summed E-state index contributed by atoms with van der Waals surface area (Å²) in [5, 5.41) is 10.7. The molecule has 3 nitrogen and oxygen atoms in total. The molecule has 0 aliphatic heterocycles. The largest absolute Gasteiger partial charge is 0.507 e. The van der Waals surface area contributed by atoms with Gasteiger partial charge in [0.15, 0.2) is 0 Å². The third kappa shape index (κ3) is 5.69. The lowest BCUT2D eigenvalue weighted by Crippen LogP contribution is -1.97. The van der Waals surface area contributed by atoms with E-state index in [0.717, 1.165) is 49.6 Å². The van der Waals surface area contributed by atoms with E-state index in [-0.39, 0.29) is 19.1 Å². The quantitative estimate of drug-likeness (QED) is 0.329. The highest BCUT2D eigenvalue weighted by molar-refractivity contribution is 6.30. The van der Waals surface area contributed by atoms with Gasteiger partial charge in [0.1, 0.15) is 11.6 Å². The van der Waals surface area contributed by atoms with Gasteiger partial charge in [-0.3, -0.25) is 8.78 Å². The number of H-pyrrole nitrogens is 1. The molecular weight excluding hydrogens is 394 g/mol. The Kier molecular flexibility index (Phi) is 7.87. The molecule has 6 heteroatoms. The molecule has 0 saturated carbocycles. The highest BCUT2D eigenvalue weighted by Crippen LogP contribution is 2.32. The van der Waals surface area contributed by atoms with Crippen molar-refractivity contribution in [1.29, 1.82) is 0 Å². The Morgan fingerprint density at radius 1 is 0.862 bits per heavy atom. The molecule has 0 spiro atoms. The maximum Gasteiger partial charge on any atom is 0.142 e. The maximum atomic E-state index is 12.4. The van der Waals surface area contributed by atoms with Crippen molar-refractivity contribution in [1.82, 2.24) is 9.97 Å². The van der Waals surface area contributed by atoms with Crippen LogP contribution in [0.2, 0.25) is 5.02 Å². The topological polar surface area (TPSA) is 48.9 Å². The molecule has 0 fully saturated rings. The first kappa shape index (κ1) is 21.6. The summed E-state index contributed by atoms with van der Waals surface area (Å²) in [5.41, 5.74) is 4.78. The van der Waals surface area contributed by atoms with Crippen LogP contribution in [0.15, 0.2) is 30.3 Å². The van der Waals surface area contributed by atoms with Gasteiger partial charge >= 0.3 is 0 Å². The third-order valence-electron chi connectivity index (χ3n) is 5.18. The number of phenolic OH excluding ortho intramolecular Hbond substituents is 1. The number of nitrogens with one attached hydrogen (secondary N) is 1. The summed E-state index contributed by atoms with van der Waals surface area (Å²) in [6.07, 6.45) is 6.54. The minimum absolute atomic E-state index is 0.0782. The minimum Gasteiger partial charge on any atom is -0.507 e. The van der Waals surface area contributed by atoms with Crippen molar-refractivity contribution in [2.45, 2.75) is 51.4 Å². The van der Waals surface area contributed by atoms with E-state index >= 15 is 0 Å². The summed E-state index contributed by atoms with van der Waals surface area (Å²) in [6, 6.07) is 9.15. The molecule has 2 N–H and O–H groups in total. The lowest BCUT2D eigenvalue weighted by molar-refractivity contribution is 0.454. The van der Waals surface area contributed by atoms with Crippen LogP contribution in [0.5, 0.6) is 5.75 Å². The highest BCUT2D eigenvalue weighted by atomic mass is 35.5. The monoisotopic (exact) mass is 420 g/mol. The zero-order chi connectivity index (χ0) is 20.6. The molecule has 2 aromatic carbocycles. The first-order valence-electron chi connectivity index (χ1n) is 10.2. The number of rotatable bonds is 11. The standard InChI is InChI=1S/C23H27ClF2N2O/c24-18-9-10-19(22(29)15-18)23-27-20-13-16(7-3-1-5-11-25)17(14-21(20)28-23)8-4-2-6-12-26/h9-10,13-15,29H,1-8,11-12H2,(H,27,28). The predicted octanol–water partition coefficient (Wildman–Crippen LogP) is 6.95. The Balaban J connectivity index is 1.88. The normalized spacial score (nSPS) is 11.4. The molecular formula is C23H27ClF2N2O. The lowest BCUT2D eigenvalue weighted by Gasteiger charge is -2.10. The number of aryl methyl sites for hydroxylation is 2. The first-order valence-corrected chi connectivity index (χ1v) is 10.6. The second-order valence-corrected chi connectivity index (χ2v) is 7.82. The van der Waals surface area contributed by atoms with E-state index < -0.39 is 0 Å². The van der Waals surface area contributed by atoms with Crippen molar-refractivity contribution in [2.75, 3.05) is 13.3 Å². The summed E-state index contributed by atoms with van der Waals surface area (Å²) in [5.74, 6) is 0.668. The Hall–Kier alpha value is -2.14. The molecule has 3 aromatic rings. The summed E-state index contributed by atoms with van der Waals surface area (Å²) >= 11 is 5.93. The molecule has 0 aliphatic carbocycles. The average Bonchev–Trinajstić information content (AvgIpc) is 3.10. The van der Waals surface area contributed by atoms with E-state index in [0.29, 0.717) is 29.3 Å². The Labute approximate surface area is 175 Å². The number of aromatic nitrogens is 2. The third-order valence-corrected chi connectivity index (χ3v) is 5.41. The SMILES string of the molecule is Oc1cc(Cl)ccc1-c1nc2cc(CCCCCF)c(CCCCCF)cc2[nH]1. The van der Waals surface area contributed by atoms with Gasteiger partial charge in [0, 0.05) is 5.02 Å². The molecule has 29 heavy (non-hydrogen) atoms. The van der Waals surface area contributed by atoms with Gasteiger partial charge in [0.05, 0.1) is 29.9 Å². The van der Waals surface area contributed by atoms with Crippen LogP contribution in [-0.4, -0.2) is 28.4 Å². The number of aromatic hydroxyl groups is 1. The van der Waals surface area contributed by atoms with E-state index in [1.807, 2.05) is 0 Å². The molecule has 0 radical (unpaired) electrons. The molecule has 1 heterocycles. The van der Waals surface area contributed by atoms with Crippen molar-refractivity contribution < 1.29 is 13.9 Å². The van der Waals surface area contributed by atoms with Crippen molar-refractivity contribution >= 4 is 22.6 Å². The minimum atomic E-state index is -0.275. The van der Waals surface area contributed by atoms with E-state index in [9.17, 15) is 13.9 Å². The van der Waals surface area contributed by atoms with Crippen LogP contribution < -0.4 is 0 Å². The second-order valence-electron chi connectivity index (χ2n) is 7.38. The van der Waals surface area contributed by atoms with Crippen molar-refractivity contribution in [3.63, 3.8) is 0 Å². The van der Waals surface area contributed by atoms with Gasteiger partial charge in [-0.15, -0.1) is 0 Å². The molecule has 0 aliphatic rings. The van der Waals surface area contributed by atoms with Crippen LogP contribution in [0.1, 0.15) is 49.7 Å². The fourth-order valence-corrected chi connectivity index (χ4v) is 3.78. The molecule has 0 unspecified atom stereocenters. The summed E-state index contributed by atoms with van der Waals surface area (Å²) in [7, 11) is 0. The molecule has 0 atom stereocenters. The predicted molar refractivity (Wildman–Crippen MR) is 115 cm³/mol. The van der Waals surface area contributed by atoms with Gasteiger partial charge in [0.2, 0.25) is 0 Å². The second kappa shape index (κ2) is 10.6. The molecule has 1 aromatic heterocycles. The molecule has 3 rings (SSSR count). The Bertz CT molecular complexity index is 893. The Morgan fingerprint density at radius 2 is 1.52 bits per heavy atom. The number of alkyl halides is 2. The van der Waals surface area contributed by atoms with E-state index in [2.05, 4.69) is 22.1 Å². The molecule has 156 valence electrons. The number of unbranched alkanes of at least 4 members (excludes halogenated alkanes) is 4. The number of nitrogens with zero attached hydrogens (tertiary/aromatic N) is 1. The number of hydrogen-bond acceptors (Lipinski definition) is 2. The number of halogens is 3. The number of benzene rings is 2. The van der Waals surface area contributed by atoms with Crippen LogP contribution in [0.3, 0.4) is 0 Å². The molecule has 0 saturated heterocycles.